The van der Waals surface area contributed by atoms with Crippen LogP contribution in [0.25, 0.3) is 0 Å². The molecule has 1 aromatic carbocycles. The summed E-state index contributed by atoms with van der Waals surface area (Å²) in [4.78, 5) is 10.2. The van der Waals surface area contributed by atoms with Crippen LogP contribution in [0.2, 0.25) is 5.02 Å². The number of ketones is 1. The summed E-state index contributed by atoms with van der Waals surface area (Å²) in [6, 6.07) is 4.90. The van der Waals surface area contributed by atoms with Gasteiger partial charge in [-0.1, -0.05) is 50.7 Å². The first-order valence-electron chi connectivity index (χ1n) is 3.30. The summed E-state index contributed by atoms with van der Waals surface area (Å²) in [5.41, 5.74) is 0.333. The largest absolute Gasteiger partial charge is 0.291 e. The summed E-state index contributed by atoms with van der Waals surface area (Å²) in [6.45, 7) is 0. The number of carbonyl (C=O) groups is 1. The molecule has 0 aliphatic heterocycles. The van der Waals surface area contributed by atoms with Crippen molar-refractivity contribution in [2.75, 3.05) is 0 Å². The van der Waals surface area contributed by atoms with E-state index in [2.05, 4.69) is 15.9 Å². The molecule has 0 heterocycles. The SMILES string of the molecule is O=C(c1ccc(Br)cc1Cl)C(Cl)Cl. The second-order valence-corrected chi connectivity index (χ2v) is 4.71. The molecule has 0 saturated heterocycles. The fourth-order valence-electron chi connectivity index (χ4n) is 0.807. The molecular weight excluding hydrogens is 298 g/mol. The molecule has 1 rings (SSSR count). The first-order chi connectivity index (χ1) is 6.02. The van der Waals surface area contributed by atoms with Crippen molar-refractivity contribution in [1.82, 2.24) is 0 Å². The number of carbonyl (C=O) groups excluding carboxylic acids is 1. The van der Waals surface area contributed by atoms with Gasteiger partial charge in [-0.05, 0) is 18.2 Å². The average Bonchev–Trinajstić information content (AvgIpc) is 2.03. The first kappa shape index (κ1) is 11.3. The molecule has 0 amide bonds. The molecule has 1 nitrogen and oxygen atoms in total. The standard InChI is InChI=1S/C8H4BrCl3O/c9-4-1-2-5(6(10)3-4)7(13)8(11)12/h1-3,8H. The van der Waals surface area contributed by atoms with Crippen LogP contribution in [-0.4, -0.2) is 10.6 Å². The van der Waals surface area contributed by atoms with Gasteiger partial charge in [-0.15, -0.1) is 0 Å². The summed E-state index contributed by atoms with van der Waals surface area (Å²) < 4.78 is 0.801. The molecule has 0 bridgehead atoms. The molecular formula is C8H4BrCl3O. The smallest absolute Gasteiger partial charge is 0.197 e. The Morgan fingerprint density at radius 3 is 2.46 bits per heavy atom. The lowest BCUT2D eigenvalue weighted by Gasteiger charge is -2.03. The van der Waals surface area contributed by atoms with Gasteiger partial charge in [-0.2, -0.15) is 0 Å². The van der Waals surface area contributed by atoms with Crippen LogP contribution in [0.1, 0.15) is 10.4 Å². The Morgan fingerprint density at radius 1 is 1.38 bits per heavy atom. The fourth-order valence-corrected chi connectivity index (χ4v) is 1.81. The lowest BCUT2D eigenvalue weighted by molar-refractivity contribution is 0.101. The van der Waals surface area contributed by atoms with Gasteiger partial charge >= 0.3 is 0 Å². The van der Waals surface area contributed by atoms with Gasteiger partial charge in [0.15, 0.2) is 10.6 Å². The van der Waals surface area contributed by atoms with Gasteiger partial charge in [0, 0.05) is 10.0 Å². The minimum absolute atomic E-state index is 0.333. The predicted octanol–water partition coefficient (Wildman–Crippen LogP) is 4.09. The van der Waals surface area contributed by atoms with Crippen LogP contribution in [0.15, 0.2) is 22.7 Å². The molecule has 0 aliphatic carbocycles. The van der Waals surface area contributed by atoms with E-state index in [0.717, 1.165) is 4.47 Å². The van der Waals surface area contributed by atoms with E-state index in [1.165, 1.54) is 0 Å². The monoisotopic (exact) mass is 300 g/mol. The van der Waals surface area contributed by atoms with Crippen LogP contribution in [0.4, 0.5) is 0 Å². The van der Waals surface area contributed by atoms with Crippen molar-refractivity contribution >= 4 is 56.5 Å². The van der Waals surface area contributed by atoms with E-state index in [1.807, 2.05) is 0 Å². The van der Waals surface area contributed by atoms with Crippen molar-refractivity contribution in [3.05, 3.63) is 33.3 Å². The van der Waals surface area contributed by atoms with Crippen LogP contribution in [0.3, 0.4) is 0 Å². The lowest BCUT2D eigenvalue weighted by Crippen LogP contribution is -2.08. The van der Waals surface area contributed by atoms with E-state index >= 15 is 0 Å². The van der Waals surface area contributed by atoms with Crippen LogP contribution < -0.4 is 0 Å². The van der Waals surface area contributed by atoms with Crippen molar-refractivity contribution < 1.29 is 4.79 Å². The van der Waals surface area contributed by atoms with Crippen LogP contribution >= 0.6 is 50.7 Å². The minimum atomic E-state index is -1.07. The fraction of sp³-hybridized carbons (Fsp3) is 0.125. The van der Waals surface area contributed by atoms with Crippen molar-refractivity contribution in [3.63, 3.8) is 0 Å². The average molecular weight is 302 g/mol. The zero-order valence-corrected chi connectivity index (χ0v) is 10.1. The van der Waals surface area contributed by atoms with Gasteiger partial charge < -0.3 is 0 Å². The first-order valence-corrected chi connectivity index (χ1v) is 5.34. The maximum atomic E-state index is 11.3. The molecule has 0 radical (unpaired) electrons. The molecule has 5 heteroatoms. The zero-order valence-electron chi connectivity index (χ0n) is 6.23. The second-order valence-electron chi connectivity index (χ2n) is 2.29. The highest BCUT2D eigenvalue weighted by Crippen LogP contribution is 2.24. The van der Waals surface area contributed by atoms with E-state index in [-0.39, 0.29) is 5.78 Å². The van der Waals surface area contributed by atoms with Crippen LogP contribution in [0.5, 0.6) is 0 Å². The molecule has 13 heavy (non-hydrogen) atoms. The Labute approximate surface area is 99.1 Å². The Kier molecular flexibility index (Phi) is 4.05. The molecule has 0 unspecified atom stereocenters. The molecule has 0 atom stereocenters. The van der Waals surface area contributed by atoms with Crippen molar-refractivity contribution in [2.24, 2.45) is 0 Å². The van der Waals surface area contributed by atoms with Gasteiger partial charge in [0.1, 0.15) is 0 Å². The zero-order chi connectivity index (χ0) is 10.0. The maximum Gasteiger partial charge on any atom is 0.197 e. The maximum absolute atomic E-state index is 11.3. The highest BCUT2D eigenvalue weighted by atomic mass is 79.9. The predicted molar refractivity (Wildman–Crippen MR) is 59.0 cm³/mol. The molecule has 0 spiro atoms. The summed E-state index contributed by atoms with van der Waals surface area (Å²) in [5.74, 6) is -0.388. The molecule has 0 saturated carbocycles. The molecule has 70 valence electrons. The van der Waals surface area contributed by atoms with E-state index in [0.29, 0.717) is 10.6 Å². The Hall–Kier alpha value is 0.240. The van der Waals surface area contributed by atoms with E-state index < -0.39 is 4.84 Å². The topological polar surface area (TPSA) is 17.1 Å². The lowest BCUT2D eigenvalue weighted by atomic mass is 10.1. The van der Waals surface area contributed by atoms with E-state index in [4.69, 9.17) is 34.8 Å². The Morgan fingerprint density at radius 2 is 2.00 bits per heavy atom. The van der Waals surface area contributed by atoms with Gasteiger partial charge in [-0.25, -0.2) is 0 Å². The highest BCUT2D eigenvalue weighted by Gasteiger charge is 2.17. The molecule has 0 aromatic heterocycles. The second kappa shape index (κ2) is 4.65. The summed E-state index contributed by atoms with van der Waals surface area (Å²) in [7, 11) is 0. The van der Waals surface area contributed by atoms with Crippen LogP contribution in [-0.2, 0) is 0 Å². The highest BCUT2D eigenvalue weighted by molar-refractivity contribution is 9.10. The Balaban J connectivity index is 3.09. The molecule has 0 fully saturated rings. The quantitative estimate of drug-likeness (QED) is 0.594. The van der Waals surface area contributed by atoms with Crippen molar-refractivity contribution in [2.45, 2.75) is 4.84 Å². The third-order valence-electron chi connectivity index (χ3n) is 1.39. The summed E-state index contributed by atoms with van der Waals surface area (Å²) in [6.07, 6.45) is 0. The summed E-state index contributed by atoms with van der Waals surface area (Å²) >= 11 is 19.9. The van der Waals surface area contributed by atoms with Gasteiger partial charge in [-0.3, -0.25) is 4.79 Å². The van der Waals surface area contributed by atoms with Crippen molar-refractivity contribution in [3.8, 4) is 0 Å². The van der Waals surface area contributed by atoms with Crippen molar-refractivity contribution in [1.29, 1.82) is 0 Å². The van der Waals surface area contributed by atoms with Gasteiger partial charge in [0.25, 0.3) is 0 Å². The number of hydrogen-bond acceptors (Lipinski definition) is 1. The van der Waals surface area contributed by atoms with Gasteiger partial charge in [0.2, 0.25) is 0 Å². The number of Topliss-reactive ketones (excluding diaryl/α,β-unsaturated/α-hetero) is 1. The Bertz CT molecular complexity index is 338. The third-order valence-corrected chi connectivity index (χ3v) is 2.60. The number of halogens is 4. The number of hydrogen-bond donors (Lipinski definition) is 0. The normalized spacial score (nSPS) is 10.5. The number of alkyl halides is 2. The van der Waals surface area contributed by atoms with E-state index in [1.54, 1.807) is 18.2 Å². The van der Waals surface area contributed by atoms with E-state index in [9.17, 15) is 4.79 Å². The van der Waals surface area contributed by atoms with Gasteiger partial charge in [0.05, 0.1) is 5.02 Å². The summed E-state index contributed by atoms with van der Waals surface area (Å²) in [5, 5.41) is 0.339. The molecule has 0 aliphatic rings. The van der Waals surface area contributed by atoms with Crippen LogP contribution in [0, 0.1) is 0 Å². The minimum Gasteiger partial charge on any atom is -0.291 e. The number of rotatable bonds is 2. The number of benzene rings is 1. The molecule has 0 N–H and O–H groups in total. The third kappa shape index (κ3) is 2.84. The molecule has 1 aromatic rings.